The quantitative estimate of drug-likeness (QED) is 0.549. The number of allylic oxidation sites excluding steroid dienone is 3. The Bertz CT molecular complexity index is 423. The molecule has 0 aromatic carbocycles. The SMILES string of the molecule is CC(C)=CCCC(C)=CC(=O)SCc1ccco1. The van der Waals surface area contributed by atoms with E-state index in [4.69, 9.17) is 4.42 Å². The molecule has 0 radical (unpaired) electrons. The Morgan fingerprint density at radius 3 is 2.78 bits per heavy atom. The maximum atomic E-state index is 11.7. The van der Waals surface area contributed by atoms with Crippen molar-refractivity contribution >= 4 is 16.9 Å². The monoisotopic (exact) mass is 264 g/mol. The third kappa shape index (κ3) is 6.50. The molecule has 3 heteroatoms. The summed E-state index contributed by atoms with van der Waals surface area (Å²) in [7, 11) is 0. The molecule has 0 unspecified atom stereocenters. The summed E-state index contributed by atoms with van der Waals surface area (Å²) in [5.41, 5.74) is 2.45. The summed E-state index contributed by atoms with van der Waals surface area (Å²) in [4.78, 5) is 11.7. The lowest BCUT2D eigenvalue weighted by Crippen LogP contribution is -1.89. The van der Waals surface area contributed by atoms with Gasteiger partial charge in [0.25, 0.3) is 0 Å². The Labute approximate surface area is 113 Å². The van der Waals surface area contributed by atoms with E-state index in [2.05, 4.69) is 19.9 Å². The molecular weight excluding hydrogens is 244 g/mol. The second-order valence-corrected chi connectivity index (χ2v) is 5.48. The van der Waals surface area contributed by atoms with E-state index in [1.807, 2.05) is 19.1 Å². The number of carbonyl (C=O) groups excluding carboxylic acids is 1. The van der Waals surface area contributed by atoms with E-state index < -0.39 is 0 Å². The average Bonchev–Trinajstić information content (AvgIpc) is 2.78. The van der Waals surface area contributed by atoms with Crippen molar-refractivity contribution in [3.63, 3.8) is 0 Å². The number of carbonyl (C=O) groups is 1. The molecule has 2 nitrogen and oxygen atoms in total. The molecule has 0 saturated heterocycles. The Kier molecular flexibility index (Phi) is 6.58. The first-order valence-electron chi connectivity index (χ1n) is 6.07. The van der Waals surface area contributed by atoms with Crippen molar-refractivity contribution < 1.29 is 9.21 Å². The summed E-state index contributed by atoms with van der Waals surface area (Å²) < 4.78 is 5.18. The van der Waals surface area contributed by atoms with Gasteiger partial charge in [0.05, 0.1) is 12.0 Å². The van der Waals surface area contributed by atoms with Gasteiger partial charge in [-0.1, -0.05) is 29.0 Å². The van der Waals surface area contributed by atoms with Gasteiger partial charge < -0.3 is 4.42 Å². The van der Waals surface area contributed by atoms with Crippen LogP contribution in [-0.4, -0.2) is 5.12 Å². The molecule has 18 heavy (non-hydrogen) atoms. The van der Waals surface area contributed by atoms with Crippen LogP contribution in [0.2, 0.25) is 0 Å². The van der Waals surface area contributed by atoms with E-state index in [0.717, 1.165) is 24.2 Å². The van der Waals surface area contributed by atoms with Gasteiger partial charge in [-0.3, -0.25) is 4.79 Å². The highest BCUT2D eigenvalue weighted by Gasteiger charge is 2.02. The summed E-state index contributed by atoms with van der Waals surface area (Å²) in [6, 6.07) is 3.71. The average molecular weight is 264 g/mol. The number of thioether (sulfide) groups is 1. The molecule has 0 amide bonds. The lowest BCUT2D eigenvalue weighted by atomic mass is 10.1. The second-order valence-electron chi connectivity index (χ2n) is 4.50. The van der Waals surface area contributed by atoms with Crippen LogP contribution >= 0.6 is 11.8 Å². The van der Waals surface area contributed by atoms with Gasteiger partial charge in [-0.15, -0.1) is 0 Å². The van der Waals surface area contributed by atoms with Gasteiger partial charge in [0, 0.05) is 0 Å². The van der Waals surface area contributed by atoms with Crippen molar-refractivity contribution in [3.05, 3.63) is 47.5 Å². The van der Waals surface area contributed by atoms with Gasteiger partial charge in [0.1, 0.15) is 5.76 Å². The predicted octanol–water partition coefficient (Wildman–Crippen LogP) is 4.73. The van der Waals surface area contributed by atoms with E-state index in [1.165, 1.54) is 17.3 Å². The summed E-state index contributed by atoms with van der Waals surface area (Å²) in [5.74, 6) is 1.44. The third-order valence-electron chi connectivity index (χ3n) is 2.39. The number of furan rings is 1. The first-order valence-corrected chi connectivity index (χ1v) is 7.06. The number of rotatable bonds is 6. The molecule has 0 bridgehead atoms. The molecule has 0 N–H and O–H groups in total. The highest BCUT2D eigenvalue weighted by atomic mass is 32.2. The fourth-order valence-electron chi connectivity index (χ4n) is 1.44. The fourth-order valence-corrected chi connectivity index (χ4v) is 2.17. The maximum absolute atomic E-state index is 11.7. The molecule has 0 aliphatic rings. The Balaban J connectivity index is 2.31. The number of hydrogen-bond donors (Lipinski definition) is 0. The molecule has 0 atom stereocenters. The first kappa shape index (κ1) is 14.8. The van der Waals surface area contributed by atoms with Gasteiger partial charge in [-0.05, 0) is 51.8 Å². The lowest BCUT2D eigenvalue weighted by Gasteiger charge is -1.99. The third-order valence-corrected chi connectivity index (χ3v) is 3.22. The standard InChI is InChI=1S/C15H20O2S/c1-12(2)6-4-7-13(3)10-15(16)18-11-14-8-5-9-17-14/h5-6,8-10H,4,7,11H2,1-3H3. The van der Waals surface area contributed by atoms with Crippen LogP contribution in [-0.2, 0) is 10.5 Å². The zero-order valence-corrected chi connectivity index (χ0v) is 12.0. The predicted molar refractivity (Wildman–Crippen MR) is 77.4 cm³/mol. The van der Waals surface area contributed by atoms with Gasteiger partial charge in [-0.25, -0.2) is 0 Å². The van der Waals surface area contributed by atoms with Gasteiger partial charge in [0.2, 0.25) is 5.12 Å². The second kappa shape index (κ2) is 7.98. The first-order chi connectivity index (χ1) is 8.58. The largest absolute Gasteiger partial charge is 0.468 e. The van der Waals surface area contributed by atoms with Gasteiger partial charge in [-0.2, -0.15) is 0 Å². The van der Waals surface area contributed by atoms with E-state index in [1.54, 1.807) is 12.3 Å². The van der Waals surface area contributed by atoms with E-state index in [9.17, 15) is 4.79 Å². The molecule has 0 fully saturated rings. The Hall–Kier alpha value is -1.22. The van der Waals surface area contributed by atoms with Crippen molar-refractivity contribution in [2.75, 3.05) is 0 Å². The Morgan fingerprint density at radius 1 is 1.39 bits per heavy atom. The van der Waals surface area contributed by atoms with Crippen molar-refractivity contribution in [2.45, 2.75) is 39.4 Å². The van der Waals surface area contributed by atoms with Crippen LogP contribution in [0.3, 0.4) is 0 Å². The van der Waals surface area contributed by atoms with Crippen molar-refractivity contribution in [1.29, 1.82) is 0 Å². The van der Waals surface area contributed by atoms with Crippen LogP contribution in [0.4, 0.5) is 0 Å². The van der Waals surface area contributed by atoms with Crippen LogP contribution < -0.4 is 0 Å². The minimum atomic E-state index is 0.0982. The minimum Gasteiger partial charge on any atom is -0.468 e. The molecule has 0 spiro atoms. The van der Waals surface area contributed by atoms with E-state index in [-0.39, 0.29) is 5.12 Å². The number of hydrogen-bond acceptors (Lipinski definition) is 3. The molecule has 1 rings (SSSR count). The summed E-state index contributed by atoms with van der Waals surface area (Å²) in [5, 5.41) is 0.0982. The fraction of sp³-hybridized carbons (Fsp3) is 0.400. The van der Waals surface area contributed by atoms with Gasteiger partial charge >= 0.3 is 0 Å². The normalized spacial score (nSPS) is 11.4. The molecule has 0 saturated carbocycles. The summed E-state index contributed by atoms with van der Waals surface area (Å²) in [6.07, 6.45) is 7.49. The van der Waals surface area contributed by atoms with Crippen LogP contribution in [0.5, 0.6) is 0 Å². The van der Waals surface area contributed by atoms with E-state index in [0.29, 0.717) is 5.75 Å². The van der Waals surface area contributed by atoms with Crippen molar-refractivity contribution in [3.8, 4) is 0 Å². The lowest BCUT2D eigenvalue weighted by molar-refractivity contribution is -0.107. The maximum Gasteiger partial charge on any atom is 0.212 e. The molecule has 1 aromatic heterocycles. The highest BCUT2D eigenvalue weighted by Crippen LogP contribution is 2.16. The molecular formula is C15H20O2S. The highest BCUT2D eigenvalue weighted by molar-refractivity contribution is 8.13. The van der Waals surface area contributed by atoms with Crippen LogP contribution in [0.15, 0.2) is 46.1 Å². The van der Waals surface area contributed by atoms with Crippen LogP contribution in [0.25, 0.3) is 0 Å². The molecule has 1 heterocycles. The zero-order chi connectivity index (χ0) is 13.4. The summed E-state index contributed by atoms with van der Waals surface area (Å²) in [6.45, 7) is 6.18. The van der Waals surface area contributed by atoms with E-state index >= 15 is 0 Å². The Morgan fingerprint density at radius 2 is 2.17 bits per heavy atom. The van der Waals surface area contributed by atoms with Crippen molar-refractivity contribution in [2.24, 2.45) is 0 Å². The zero-order valence-electron chi connectivity index (χ0n) is 11.2. The van der Waals surface area contributed by atoms with Crippen LogP contribution in [0.1, 0.15) is 39.4 Å². The smallest absolute Gasteiger partial charge is 0.212 e. The van der Waals surface area contributed by atoms with Crippen molar-refractivity contribution in [1.82, 2.24) is 0 Å². The summed E-state index contributed by atoms with van der Waals surface area (Å²) >= 11 is 1.28. The molecule has 1 aromatic rings. The molecule has 0 aliphatic heterocycles. The van der Waals surface area contributed by atoms with Crippen LogP contribution in [0, 0.1) is 0 Å². The topological polar surface area (TPSA) is 30.2 Å². The molecule has 0 aliphatic carbocycles. The minimum absolute atomic E-state index is 0.0982. The van der Waals surface area contributed by atoms with Gasteiger partial charge in [0.15, 0.2) is 0 Å². The molecule has 98 valence electrons.